The zero-order chi connectivity index (χ0) is 32.7. The lowest BCUT2D eigenvalue weighted by Gasteiger charge is -2.50. The Morgan fingerprint density at radius 2 is 1.85 bits per heavy atom. The number of carbonyl (C=O) groups is 2. The van der Waals surface area contributed by atoms with Crippen molar-refractivity contribution in [1.29, 1.82) is 0 Å². The third-order valence-corrected chi connectivity index (χ3v) is 8.58. The Morgan fingerprint density at radius 1 is 1.13 bits per heavy atom. The molecule has 2 aromatic heterocycles. The second-order valence-corrected chi connectivity index (χ2v) is 12.1. The Morgan fingerprint density at radius 3 is 2.52 bits per heavy atom. The molecule has 3 fully saturated rings. The molecule has 1 amide bonds. The molecule has 3 saturated heterocycles. The molecular weight excluding hydrogens is 615 g/mol. The van der Waals surface area contributed by atoms with Gasteiger partial charge in [0.2, 0.25) is 0 Å². The largest absolute Gasteiger partial charge is 0.465 e. The molecule has 0 spiro atoms. The smallest absolute Gasteiger partial charge is 0.407 e. The summed E-state index contributed by atoms with van der Waals surface area (Å²) in [7, 11) is 0. The monoisotopic (exact) mass is 649 g/mol. The van der Waals surface area contributed by atoms with Gasteiger partial charge in [0.25, 0.3) is 0 Å². The van der Waals surface area contributed by atoms with Crippen molar-refractivity contribution in [2.45, 2.75) is 88.6 Å². The van der Waals surface area contributed by atoms with Crippen molar-refractivity contribution < 1.29 is 51.3 Å². The van der Waals surface area contributed by atoms with Crippen LogP contribution in [0.2, 0.25) is 0 Å². The van der Waals surface area contributed by atoms with Crippen molar-refractivity contribution in [2.75, 3.05) is 19.7 Å². The Kier molecular flexibility index (Phi) is 8.78. The fourth-order valence-electron chi connectivity index (χ4n) is 6.21. The summed E-state index contributed by atoms with van der Waals surface area (Å²) in [6, 6.07) is 2.61. The predicted octanol–water partition coefficient (Wildman–Crippen LogP) is 4.23. The van der Waals surface area contributed by atoms with E-state index in [1.165, 1.54) is 15.8 Å². The second-order valence-electron chi connectivity index (χ2n) is 12.1. The summed E-state index contributed by atoms with van der Waals surface area (Å²) in [6.45, 7) is 6.02. The van der Waals surface area contributed by atoms with Crippen LogP contribution in [0.1, 0.15) is 63.4 Å². The Labute approximate surface area is 261 Å². The van der Waals surface area contributed by atoms with Crippen LogP contribution in [0.3, 0.4) is 0 Å². The maximum absolute atomic E-state index is 14.0. The maximum atomic E-state index is 14.0. The number of amides is 1. The quantitative estimate of drug-likeness (QED) is 0.289. The zero-order valence-corrected chi connectivity index (χ0v) is 25.4. The lowest BCUT2D eigenvalue weighted by Crippen LogP contribution is -2.63. The highest BCUT2D eigenvalue weighted by molar-refractivity contribution is 5.69. The number of likely N-dealkylation sites (tertiary alicyclic amines) is 1. The fraction of sp³-hybridized carbons (Fsp3) is 0.567. The molecule has 3 aromatic rings. The molecule has 248 valence electrons. The summed E-state index contributed by atoms with van der Waals surface area (Å²) in [5.41, 5.74) is 0.548. The molecule has 13 nitrogen and oxygen atoms in total. The molecule has 1 N–H and O–H groups in total. The number of halogens is 3. The van der Waals surface area contributed by atoms with Crippen LogP contribution >= 0.6 is 0 Å². The van der Waals surface area contributed by atoms with Gasteiger partial charge in [-0.2, -0.15) is 0 Å². The lowest BCUT2D eigenvalue weighted by atomic mass is 9.88. The molecule has 6 rings (SSSR count). The molecule has 3 aliphatic heterocycles. The van der Waals surface area contributed by atoms with E-state index in [-0.39, 0.29) is 36.6 Å². The van der Waals surface area contributed by atoms with E-state index in [9.17, 15) is 27.9 Å². The molecular formula is C30H34F3N5O8. The first-order valence-electron chi connectivity index (χ1n) is 15.1. The summed E-state index contributed by atoms with van der Waals surface area (Å²) >= 11 is 0. The van der Waals surface area contributed by atoms with E-state index in [0.29, 0.717) is 37.4 Å². The third-order valence-electron chi connectivity index (χ3n) is 8.58. The number of rotatable bonds is 7. The van der Waals surface area contributed by atoms with E-state index in [0.717, 1.165) is 12.1 Å². The number of hydrogen-bond donors (Lipinski definition) is 1. The first-order valence-corrected chi connectivity index (χ1v) is 15.1. The van der Waals surface area contributed by atoms with Crippen molar-refractivity contribution in [3.05, 3.63) is 53.3 Å². The number of hydrogen-bond acceptors (Lipinski definition) is 10. The van der Waals surface area contributed by atoms with Gasteiger partial charge in [-0.15, -0.1) is 5.10 Å². The first kappa shape index (κ1) is 31.9. The Balaban J connectivity index is 1.31. The average molecular weight is 650 g/mol. The number of benzene rings is 1. The molecule has 46 heavy (non-hydrogen) atoms. The Hall–Kier alpha value is -4.02. The van der Waals surface area contributed by atoms with Crippen LogP contribution in [0.15, 0.2) is 28.9 Å². The first-order chi connectivity index (χ1) is 21.9. The van der Waals surface area contributed by atoms with Crippen molar-refractivity contribution in [3.8, 4) is 11.3 Å². The van der Waals surface area contributed by atoms with Crippen molar-refractivity contribution >= 4 is 12.1 Å². The van der Waals surface area contributed by atoms with E-state index in [2.05, 4.69) is 15.5 Å². The van der Waals surface area contributed by atoms with E-state index in [4.69, 9.17) is 23.5 Å². The normalized spacial score (nSPS) is 26.5. The minimum Gasteiger partial charge on any atom is -0.465 e. The minimum atomic E-state index is -1.60. The van der Waals surface area contributed by atoms with Crippen LogP contribution < -0.4 is 0 Å². The van der Waals surface area contributed by atoms with Crippen LogP contribution in [0.25, 0.3) is 11.3 Å². The number of carbonyl (C=O) groups excluding carboxylic acids is 1. The van der Waals surface area contributed by atoms with Gasteiger partial charge < -0.3 is 33.5 Å². The molecule has 16 heteroatoms. The highest BCUT2D eigenvalue weighted by atomic mass is 19.2. The average Bonchev–Trinajstić information content (AvgIpc) is 3.70. The standard InChI is InChI=1S/C30H34F3N5O8/c1-4-24(39)44-27-22(12-17-11-21(46-35-17)15-5-7-37(8-6-15)29(40)41)43-23-14-42-30(2,3)45-28(23)26(27)38-13-20(34-36-38)16-9-18(31)25(33)19(32)10-16/h9-11,13,15,22-23,26-28H,4-8,12,14H2,1-3H3,(H,40,41)/t22-,23-,26-,27+,28+/m1/s1. The molecule has 5 atom stereocenters. The van der Waals surface area contributed by atoms with Gasteiger partial charge in [0, 0.05) is 43.5 Å². The van der Waals surface area contributed by atoms with Crippen LogP contribution in [0, 0.1) is 17.5 Å². The van der Waals surface area contributed by atoms with Gasteiger partial charge in [0.05, 0.1) is 18.5 Å². The second kappa shape index (κ2) is 12.6. The van der Waals surface area contributed by atoms with Crippen molar-refractivity contribution in [3.63, 3.8) is 0 Å². The number of aromatic nitrogens is 4. The van der Waals surface area contributed by atoms with E-state index in [1.807, 2.05) is 0 Å². The van der Waals surface area contributed by atoms with Crippen LogP contribution in [-0.4, -0.2) is 92.1 Å². The topological polar surface area (TPSA) is 151 Å². The van der Waals surface area contributed by atoms with E-state index >= 15 is 0 Å². The number of ether oxygens (including phenoxy) is 4. The van der Waals surface area contributed by atoms with Gasteiger partial charge in [0.1, 0.15) is 35.8 Å². The molecule has 0 radical (unpaired) electrons. The Bertz CT molecular complexity index is 1570. The molecule has 5 heterocycles. The summed E-state index contributed by atoms with van der Waals surface area (Å²) < 4.78 is 73.4. The molecule has 0 aliphatic carbocycles. The van der Waals surface area contributed by atoms with Gasteiger partial charge >= 0.3 is 12.1 Å². The van der Waals surface area contributed by atoms with Crippen molar-refractivity contribution in [1.82, 2.24) is 25.1 Å². The molecule has 1 aromatic carbocycles. The molecule has 3 aliphatic rings. The summed E-state index contributed by atoms with van der Waals surface area (Å²) in [4.78, 5) is 25.4. The molecule has 0 unspecified atom stereocenters. The summed E-state index contributed by atoms with van der Waals surface area (Å²) in [5.74, 6) is -5.28. The van der Waals surface area contributed by atoms with Gasteiger partial charge in [-0.3, -0.25) is 4.79 Å². The van der Waals surface area contributed by atoms with E-state index < -0.39 is 65.8 Å². The van der Waals surface area contributed by atoms with E-state index in [1.54, 1.807) is 26.8 Å². The highest BCUT2D eigenvalue weighted by Gasteiger charge is 2.54. The third kappa shape index (κ3) is 6.46. The fourth-order valence-corrected chi connectivity index (χ4v) is 6.21. The summed E-state index contributed by atoms with van der Waals surface area (Å²) in [5, 5.41) is 21.8. The van der Waals surface area contributed by atoms with Gasteiger partial charge in [-0.1, -0.05) is 17.3 Å². The molecule has 0 saturated carbocycles. The molecule has 0 bridgehead atoms. The lowest BCUT2D eigenvalue weighted by molar-refractivity contribution is -0.348. The van der Waals surface area contributed by atoms with Gasteiger partial charge in [-0.05, 0) is 38.8 Å². The summed E-state index contributed by atoms with van der Waals surface area (Å²) in [6.07, 6.45) is -1.29. The minimum absolute atomic E-state index is 0.00736. The predicted molar refractivity (Wildman–Crippen MR) is 150 cm³/mol. The number of piperidine rings is 1. The van der Waals surface area contributed by atoms with Crippen LogP contribution in [0.4, 0.5) is 18.0 Å². The number of esters is 1. The number of fused-ring (bicyclic) bond motifs is 1. The van der Waals surface area contributed by atoms with Crippen LogP contribution in [-0.2, 0) is 30.2 Å². The zero-order valence-electron chi connectivity index (χ0n) is 25.4. The van der Waals surface area contributed by atoms with Crippen LogP contribution in [0.5, 0.6) is 0 Å². The maximum Gasteiger partial charge on any atom is 0.407 e. The number of carboxylic acid groups (broad SMARTS) is 1. The highest BCUT2D eigenvalue weighted by Crippen LogP contribution is 2.41. The van der Waals surface area contributed by atoms with Gasteiger partial charge in [-0.25, -0.2) is 22.6 Å². The van der Waals surface area contributed by atoms with Crippen molar-refractivity contribution in [2.24, 2.45) is 0 Å². The SMILES string of the molecule is CCC(=O)O[C@@H]1[C@@H](n2cc(-c3cc(F)c(F)c(F)c3)nn2)[C@H]2OC(C)(C)OC[C@H]2O[C@@H]1Cc1cc(C2CCN(C(=O)O)CC2)on1. The number of nitrogens with zero attached hydrogens (tertiary/aromatic N) is 5. The van der Waals surface area contributed by atoms with Gasteiger partial charge in [0.15, 0.2) is 29.3 Å².